The van der Waals surface area contributed by atoms with Crippen LogP contribution >= 0.6 is 0 Å². The maximum absolute atomic E-state index is 15.3. The normalized spacial score (nSPS) is 17.9. The van der Waals surface area contributed by atoms with E-state index >= 15 is 4.39 Å². The van der Waals surface area contributed by atoms with E-state index < -0.39 is 11.8 Å². The fourth-order valence-electron chi connectivity index (χ4n) is 4.75. The Hall–Kier alpha value is -3.52. The number of nitrogens with one attached hydrogen (secondary N) is 1. The number of benzene rings is 2. The first kappa shape index (κ1) is 23.2. The molecule has 2 aromatic carbocycles. The maximum atomic E-state index is 15.3. The number of halogens is 2. The largest absolute Gasteiger partial charge is 0.383 e. The second-order valence-electron chi connectivity index (χ2n) is 9.40. The van der Waals surface area contributed by atoms with Crippen molar-refractivity contribution < 1.29 is 18.3 Å². The van der Waals surface area contributed by atoms with E-state index in [0.29, 0.717) is 55.3 Å². The summed E-state index contributed by atoms with van der Waals surface area (Å²) in [5.41, 5.74) is 9.64. The number of carbonyl (C=O) groups is 1. The summed E-state index contributed by atoms with van der Waals surface area (Å²) in [6, 6.07) is 11.7. The zero-order valence-corrected chi connectivity index (χ0v) is 19.8. The Labute approximate surface area is 203 Å². The van der Waals surface area contributed by atoms with E-state index in [0.717, 1.165) is 11.3 Å². The van der Waals surface area contributed by atoms with Gasteiger partial charge >= 0.3 is 0 Å². The molecule has 182 valence electrons. The minimum atomic E-state index is -0.832. The molecule has 1 atom stereocenters. The number of morpholine rings is 1. The third-order valence-corrected chi connectivity index (χ3v) is 6.79. The number of rotatable bonds is 4. The summed E-state index contributed by atoms with van der Waals surface area (Å²) in [4.78, 5) is 18.0. The van der Waals surface area contributed by atoms with E-state index in [9.17, 15) is 9.18 Å². The van der Waals surface area contributed by atoms with Crippen molar-refractivity contribution in [3.63, 3.8) is 0 Å². The van der Waals surface area contributed by atoms with E-state index in [4.69, 9.17) is 10.5 Å². The molecule has 2 aliphatic heterocycles. The third kappa shape index (κ3) is 4.46. The molecule has 1 amide bonds. The van der Waals surface area contributed by atoms with Gasteiger partial charge in [-0.1, -0.05) is 26.0 Å². The van der Waals surface area contributed by atoms with Gasteiger partial charge in [0.15, 0.2) is 0 Å². The van der Waals surface area contributed by atoms with Crippen molar-refractivity contribution in [1.82, 2.24) is 10.3 Å². The molecule has 35 heavy (non-hydrogen) atoms. The summed E-state index contributed by atoms with van der Waals surface area (Å²) >= 11 is 0. The van der Waals surface area contributed by atoms with Crippen LogP contribution in [-0.2, 0) is 11.2 Å². The molecule has 0 bridgehead atoms. The predicted molar refractivity (Wildman–Crippen MR) is 132 cm³/mol. The lowest BCUT2D eigenvalue weighted by Crippen LogP contribution is -2.44. The minimum absolute atomic E-state index is 0.0107. The number of aromatic nitrogens is 1. The van der Waals surface area contributed by atoms with Crippen molar-refractivity contribution in [1.29, 1.82) is 0 Å². The minimum Gasteiger partial charge on any atom is -0.383 e. The SMILES string of the molecule is CC(C)[C@H]1CN(c2ccc(-c3cc(-c4ccc5c(c4)CCNC5=O)c(N)nc3F)c(F)c2)CCO1. The molecule has 0 unspecified atom stereocenters. The standard InChI is InChI=1S/C27H28F2N4O2/c1-15(2)24-14-33(9-10-35-24)18-4-6-20(23(28)12-18)22-13-21(26(30)32-25(22)29)16-3-5-19-17(11-16)7-8-31-27(19)34/h3-6,11-13,15,24H,7-10,14H2,1-2H3,(H2,30,32)(H,31,34)/t24-/m1/s1. The zero-order valence-electron chi connectivity index (χ0n) is 19.8. The highest BCUT2D eigenvalue weighted by atomic mass is 19.1. The van der Waals surface area contributed by atoms with Crippen LogP contribution in [0, 0.1) is 17.7 Å². The smallest absolute Gasteiger partial charge is 0.251 e. The number of hydrogen-bond donors (Lipinski definition) is 2. The van der Waals surface area contributed by atoms with Crippen LogP contribution in [0.15, 0.2) is 42.5 Å². The van der Waals surface area contributed by atoms with Gasteiger partial charge < -0.3 is 20.7 Å². The number of nitrogens with two attached hydrogens (primary N) is 1. The summed E-state index contributed by atoms with van der Waals surface area (Å²) in [5.74, 6) is -1.12. The molecule has 5 rings (SSSR count). The van der Waals surface area contributed by atoms with Gasteiger partial charge in [-0.05, 0) is 53.8 Å². The second kappa shape index (κ2) is 9.26. The number of fused-ring (bicyclic) bond motifs is 1. The van der Waals surface area contributed by atoms with Crippen molar-refractivity contribution in [2.75, 3.05) is 36.9 Å². The Morgan fingerprint density at radius 2 is 1.89 bits per heavy atom. The predicted octanol–water partition coefficient (Wildman–Crippen LogP) is 4.42. The summed E-state index contributed by atoms with van der Waals surface area (Å²) in [6.45, 7) is 6.67. The molecule has 1 aromatic heterocycles. The van der Waals surface area contributed by atoms with Gasteiger partial charge in [-0.15, -0.1) is 0 Å². The molecule has 3 N–H and O–H groups in total. The van der Waals surface area contributed by atoms with Crippen LogP contribution in [0.25, 0.3) is 22.3 Å². The lowest BCUT2D eigenvalue weighted by Gasteiger charge is -2.36. The van der Waals surface area contributed by atoms with Crippen molar-refractivity contribution in [3.05, 3.63) is 65.4 Å². The molecule has 0 radical (unpaired) electrons. The number of amides is 1. The average Bonchev–Trinajstić information content (AvgIpc) is 2.84. The highest BCUT2D eigenvalue weighted by Gasteiger charge is 2.25. The molecule has 0 aliphatic carbocycles. The van der Waals surface area contributed by atoms with Gasteiger partial charge in [0.1, 0.15) is 11.6 Å². The highest BCUT2D eigenvalue weighted by Crippen LogP contribution is 2.35. The molecule has 3 heterocycles. The average molecular weight is 479 g/mol. The van der Waals surface area contributed by atoms with E-state index in [1.54, 1.807) is 24.3 Å². The first-order valence-corrected chi connectivity index (χ1v) is 11.9. The quantitative estimate of drug-likeness (QED) is 0.543. The van der Waals surface area contributed by atoms with Crippen LogP contribution in [0.4, 0.5) is 20.3 Å². The van der Waals surface area contributed by atoms with E-state index in [1.807, 2.05) is 6.07 Å². The third-order valence-electron chi connectivity index (χ3n) is 6.79. The Balaban J connectivity index is 1.49. The number of hydrogen-bond acceptors (Lipinski definition) is 5. The number of anilines is 2. The van der Waals surface area contributed by atoms with Crippen LogP contribution in [0.5, 0.6) is 0 Å². The van der Waals surface area contributed by atoms with Crippen molar-refractivity contribution in [2.45, 2.75) is 26.4 Å². The number of ether oxygens (including phenoxy) is 1. The highest BCUT2D eigenvalue weighted by molar-refractivity contribution is 5.97. The van der Waals surface area contributed by atoms with Crippen molar-refractivity contribution in [3.8, 4) is 22.3 Å². The molecular formula is C27H28F2N4O2. The summed E-state index contributed by atoms with van der Waals surface area (Å²) in [6.07, 6.45) is 0.765. The lowest BCUT2D eigenvalue weighted by molar-refractivity contribution is 0.0114. The molecule has 2 aliphatic rings. The Morgan fingerprint density at radius 3 is 2.66 bits per heavy atom. The summed E-state index contributed by atoms with van der Waals surface area (Å²) in [7, 11) is 0. The first-order chi connectivity index (χ1) is 16.8. The number of pyridine rings is 1. The van der Waals surface area contributed by atoms with Gasteiger partial charge in [0.25, 0.3) is 5.91 Å². The molecule has 8 heteroatoms. The summed E-state index contributed by atoms with van der Waals surface area (Å²) in [5, 5.41) is 2.81. The van der Waals surface area contributed by atoms with Gasteiger partial charge in [0, 0.05) is 47.6 Å². The summed E-state index contributed by atoms with van der Waals surface area (Å²) < 4.78 is 36.0. The molecular weight excluding hydrogens is 450 g/mol. The van der Waals surface area contributed by atoms with Crippen LogP contribution in [0.2, 0.25) is 0 Å². The molecule has 3 aromatic rings. The fourth-order valence-corrected chi connectivity index (χ4v) is 4.75. The molecule has 0 saturated carbocycles. The molecule has 1 fully saturated rings. The Morgan fingerprint density at radius 1 is 1.09 bits per heavy atom. The van der Waals surface area contributed by atoms with Gasteiger partial charge in [-0.2, -0.15) is 4.39 Å². The van der Waals surface area contributed by atoms with Crippen LogP contribution < -0.4 is 16.0 Å². The molecule has 0 spiro atoms. The van der Waals surface area contributed by atoms with Crippen molar-refractivity contribution >= 4 is 17.4 Å². The maximum Gasteiger partial charge on any atom is 0.251 e. The number of nitrogen functional groups attached to an aromatic ring is 1. The van der Waals surface area contributed by atoms with Gasteiger partial charge in [0.2, 0.25) is 5.95 Å². The number of carbonyl (C=O) groups excluding carboxylic acids is 1. The first-order valence-electron chi connectivity index (χ1n) is 11.9. The Kier molecular flexibility index (Phi) is 6.15. The van der Waals surface area contributed by atoms with Crippen LogP contribution in [0.3, 0.4) is 0 Å². The van der Waals surface area contributed by atoms with Gasteiger partial charge in [-0.3, -0.25) is 4.79 Å². The molecule has 6 nitrogen and oxygen atoms in total. The van der Waals surface area contributed by atoms with Crippen LogP contribution in [-0.4, -0.2) is 43.2 Å². The zero-order chi connectivity index (χ0) is 24.7. The van der Waals surface area contributed by atoms with E-state index in [1.165, 1.54) is 12.1 Å². The fraction of sp³-hybridized carbons (Fsp3) is 0.333. The lowest BCUT2D eigenvalue weighted by atomic mass is 9.94. The van der Waals surface area contributed by atoms with Gasteiger partial charge in [-0.25, -0.2) is 9.37 Å². The number of nitrogens with zero attached hydrogens (tertiary/aromatic N) is 2. The Bertz CT molecular complexity index is 1290. The molecule has 1 saturated heterocycles. The van der Waals surface area contributed by atoms with E-state index in [2.05, 4.69) is 29.0 Å². The second-order valence-corrected chi connectivity index (χ2v) is 9.40. The van der Waals surface area contributed by atoms with Crippen molar-refractivity contribution in [2.24, 2.45) is 5.92 Å². The van der Waals surface area contributed by atoms with Crippen LogP contribution in [0.1, 0.15) is 29.8 Å². The van der Waals surface area contributed by atoms with Gasteiger partial charge in [0.05, 0.1) is 12.7 Å². The van der Waals surface area contributed by atoms with E-state index in [-0.39, 0.29) is 29.0 Å². The topological polar surface area (TPSA) is 80.5 Å². The monoisotopic (exact) mass is 478 g/mol.